The number of hydrogen-bond acceptors (Lipinski definition) is 5. The molecule has 140 valence electrons. The Morgan fingerprint density at radius 1 is 1.31 bits per heavy atom. The molecule has 1 aliphatic rings. The predicted molar refractivity (Wildman–Crippen MR) is 102 cm³/mol. The van der Waals surface area contributed by atoms with Gasteiger partial charge in [0.05, 0.1) is 17.9 Å². The standard InChI is InChI=1S/C19H26N4O2S/c1-12(2)17(26-19-22-20-11-23(19)13(3)4)18(24)21-15-9-10-25-16-8-6-5-7-14(15)16/h5-8,11-13,15,17H,9-10H2,1-4H3,(H,21,24). The first kappa shape index (κ1) is 18.8. The van der Waals surface area contributed by atoms with Gasteiger partial charge in [-0.15, -0.1) is 10.2 Å². The lowest BCUT2D eigenvalue weighted by Gasteiger charge is -2.29. The van der Waals surface area contributed by atoms with Crippen LogP contribution in [0.15, 0.2) is 35.7 Å². The Hall–Kier alpha value is -2.02. The third-order valence-electron chi connectivity index (χ3n) is 4.47. The van der Waals surface area contributed by atoms with Crippen LogP contribution in [0.25, 0.3) is 0 Å². The Labute approximate surface area is 158 Å². The summed E-state index contributed by atoms with van der Waals surface area (Å²) in [7, 11) is 0. The minimum atomic E-state index is -0.230. The molecule has 0 radical (unpaired) electrons. The van der Waals surface area contributed by atoms with Crippen LogP contribution in [-0.2, 0) is 4.79 Å². The van der Waals surface area contributed by atoms with Gasteiger partial charge in [-0.1, -0.05) is 43.8 Å². The molecule has 3 rings (SSSR count). The first-order valence-corrected chi connectivity index (χ1v) is 9.93. The van der Waals surface area contributed by atoms with Crippen molar-refractivity contribution in [3.05, 3.63) is 36.2 Å². The van der Waals surface area contributed by atoms with Crippen LogP contribution in [0, 0.1) is 5.92 Å². The topological polar surface area (TPSA) is 69.0 Å². The van der Waals surface area contributed by atoms with Crippen LogP contribution in [-0.4, -0.2) is 32.5 Å². The first-order chi connectivity index (χ1) is 12.5. The van der Waals surface area contributed by atoms with Crippen LogP contribution in [0.5, 0.6) is 5.75 Å². The minimum Gasteiger partial charge on any atom is -0.493 e. The van der Waals surface area contributed by atoms with E-state index in [2.05, 4.69) is 43.2 Å². The summed E-state index contributed by atoms with van der Waals surface area (Å²) >= 11 is 1.48. The number of nitrogens with zero attached hydrogens (tertiary/aromatic N) is 3. The second-order valence-electron chi connectivity index (χ2n) is 7.13. The van der Waals surface area contributed by atoms with Gasteiger partial charge < -0.3 is 14.6 Å². The van der Waals surface area contributed by atoms with Crippen molar-refractivity contribution in [3.63, 3.8) is 0 Å². The average Bonchev–Trinajstić information content (AvgIpc) is 3.08. The second-order valence-corrected chi connectivity index (χ2v) is 8.24. The Morgan fingerprint density at radius 3 is 2.81 bits per heavy atom. The van der Waals surface area contributed by atoms with Crippen molar-refractivity contribution >= 4 is 17.7 Å². The summed E-state index contributed by atoms with van der Waals surface area (Å²) in [6.45, 7) is 8.90. The van der Waals surface area contributed by atoms with E-state index < -0.39 is 0 Å². The van der Waals surface area contributed by atoms with E-state index in [9.17, 15) is 4.79 Å². The third kappa shape index (κ3) is 4.03. The number of aromatic nitrogens is 3. The molecule has 1 N–H and O–H groups in total. The number of thioether (sulfide) groups is 1. The normalized spacial score (nSPS) is 17.7. The molecular formula is C19H26N4O2S. The fraction of sp³-hybridized carbons (Fsp3) is 0.526. The summed E-state index contributed by atoms with van der Waals surface area (Å²) in [4.78, 5) is 13.0. The van der Waals surface area contributed by atoms with Crippen LogP contribution < -0.4 is 10.1 Å². The molecule has 0 saturated heterocycles. The molecule has 0 fully saturated rings. The van der Waals surface area contributed by atoms with Gasteiger partial charge in [0.15, 0.2) is 5.16 Å². The average molecular weight is 375 g/mol. The van der Waals surface area contributed by atoms with E-state index in [4.69, 9.17) is 4.74 Å². The molecule has 7 heteroatoms. The Bertz CT molecular complexity index is 760. The van der Waals surface area contributed by atoms with E-state index in [0.717, 1.165) is 22.9 Å². The fourth-order valence-electron chi connectivity index (χ4n) is 3.02. The number of benzene rings is 1. The maximum Gasteiger partial charge on any atom is 0.234 e. The first-order valence-electron chi connectivity index (χ1n) is 9.05. The molecule has 1 aromatic heterocycles. The van der Waals surface area contributed by atoms with Gasteiger partial charge in [-0.05, 0) is 25.8 Å². The Balaban J connectivity index is 1.75. The molecule has 2 unspecified atom stereocenters. The molecule has 2 atom stereocenters. The number of para-hydroxylation sites is 1. The molecule has 0 aliphatic carbocycles. The van der Waals surface area contributed by atoms with Gasteiger partial charge >= 0.3 is 0 Å². The second kappa shape index (κ2) is 8.12. The summed E-state index contributed by atoms with van der Waals surface area (Å²) in [5.74, 6) is 1.06. The number of ether oxygens (including phenoxy) is 1. The minimum absolute atomic E-state index is 0.0164. The van der Waals surface area contributed by atoms with Gasteiger partial charge in [-0.3, -0.25) is 4.79 Å². The van der Waals surface area contributed by atoms with Crippen LogP contribution in [0.1, 0.15) is 51.8 Å². The van der Waals surface area contributed by atoms with Crippen molar-refractivity contribution in [1.29, 1.82) is 0 Å². The number of amides is 1. The number of rotatable bonds is 6. The number of carbonyl (C=O) groups is 1. The highest BCUT2D eigenvalue weighted by molar-refractivity contribution is 8.00. The largest absolute Gasteiger partial charge is 0.493 e. The van der Waals surface area contributed by atoms with E-state index >= 15 is 0 Å². The van der Waals surface area contributed by atoms with Gasteiger partial charge in [0, 0.05) is 18.0 Å². The van der Waals surface area contributed by atoms with E-state index in [1.165, 1.54) is 11.8 Å². The maximum absolute atomic E-state index is 13.0. The van der Waals surface area contributed by atoms with Crippen molar-refractivity contribution in [3.8, 4) is 5.75 Å². The molecule has 1 aliphatic heterocycles. The lowest BCUT2D eigenvalue weighted by molar-refractivity contribution is -0.122. The Morgan fingerprint density at radius 2 is 2.08 bits per heavy atom. The van der Waals surface area contributed by atoms with Gasteiger partial charge in [0.25, 0.3) is 0 Å². The number of hydrogen-bond donors (Lipinski definition) is 1. The van der Waals surface area contributed by atoms with E-state index in [1.54, 1.807) is 6.33 Å². The quantitative estimate of drug-likeness (QED) is 0.782. The van der Waals surface area contributed by atoms with E-state index in [0.29, 0.717) is 6.61 Å². The maximum atomic E-state index is 13.0. The molecular weight excluding hydrogens is 348 g/mol. The van der Waals surface area contributed by atoms with Crippen molar-refractivity contribution in [2.75, 3.05) is 6.61 Å². The Kier molecular flexibility index (Phi) is 5.86. The van der Waals surface area contributed by atoms with Crippen molar-refractivity contribution in [1.82, 2.24) is 20.1 Å². The lowest BCUT2D eigenvalue weighted by atomic mass is 10.00. The molecule has 1 amide bonds. The summed E-state index contributed by atoms with van der Waals surface area (Å²) in [5, 5.41) is 12.0. The zero-order valence-corrected chi connectivity index (χ0v) is 16.5. The fourth-order valence-corrected chi connectivity index (χ4v) is 4.17. The predicted octanol–water partition coefficient (Wildman–Crippen LogP) is 3.62. The van der Waals surface area contributed by atoms with Gasteiger partial charge in [0.1, 0.15) is 12.1 Å². The van der Waals surface area contributed by atoms with Crippen molar-refractivity contribution in [2.45, 2.75) is 56.6 Å². The zero-order chi connectivity index (χ0) is 18.7. The summed E-state index contributed by atoms with van der Waals surface area (Å²) in [5.41, 5.74) is 1.05. The van der Waals surface area contributed by atoms with Crippen molar-refractivity contribution < 1.29 is 9.53 Å². The summed E-state index contributed by atoms with van der Waals surface area (Å²) in [6, 6.07) is 8.14. The molecule has 0 bridgehead atoms. The van der Waals surface area contributed by atoms with E-state index in [1.807, 2.05) is 28.8 Å². The molecule has 0 spiro atoms. The lowest BCUT2D eigenvalue weighted by Crippen LogP contribution is -2.40. The number of carbonyl (C=O) groups excluding carboxylic acids is 1. The van der Waals surface area contributed by atoms with Crippen LogP contribution in [0.2, 0.25) is 0 Å². The SMILES string of the molecule is CC(C)C(Sc1nncn1C(C)C)C(=O)NC1CCOc2ccccc21. The van der Waals surface area contributed by atoms with Crippen LogP contribution in [0.4, 0.5) is 0 Å². The molecule has 2 heterocycles. The highest BCUT2D eigenvalue weighted by atomic mass is 32.2. The monoisotopic (exact) mass is 374 g/mol. The molecule has 6 nitrogen and oxygen atoms in total. The third-order valence-corrected chi connectivity index (χ3v) is 5.98. The molecule has 1 aromatic carbocycles. The van der Waals surface area contributed by atoms with Gasteiger partial charge in [-0.25, -0.2) is 0 Å². The highest BCUT2D eigenvalue weighted by Gasteiger charge is 2.30. The van der Waals surface area contributed by atoms with Crippen LogP contribution >= 0.6 is 11.8 Å². The summed E-state index contributed by atoms with van der Waals surface area (Å²) < 4.78 is 7.69. The molecule has 2 aromatic rings. The van der Waals surface area contributed by atoms with Crippen LogP contribution in [0.3, 0.4) is 0 Å². The smallest absolute Gasteiger partial charge is 0.234 e. The van der Waals surface area contributed by atoms with E-state index in [-0.39, 0.29) is 29.2 Å². The van der Waals surface area contributed by atoms with Gasteiger partial charge in [-0.2, -0.15) is 0 Å². The molecule has 0 saturated carbocycles. The van der Waals surface area contributed by atoms with Gasteiger partial charge in [0.2, 0.25) is 5.91 Å². The number of fused-ring (bicyclic) bond motifs is 1. The number of nitrogens with one attached hydrogen (secondary N) is 1. The molecule has 26 heavy (non-hydrogen) atoms. The zero-order valence-electron chi connectivity index (χ0n) is 15.7. The summed E-state index contributed by atoms with van der Waals surface area (Å²) in [6.07, 6.45) is 2.50. The van der Waals surface area contributed by atoms with Crippen molar-refractivity contribution in [2.24, 2.45) is 5.92 Å². The highest BCUT2D eigenvalue weighted by Crippen LogP contribution is 2.33.